The number of amides is 1. The molecule has 30 heavy (non-hydrogen) atoms. The first kappa shape index (κ1) is 20.5. The SMILES string of the molecule is CCn1c(SC(C)C(=O)NC2CCOc3ccccc32)nnc1-c1cccc(C)c1. The van der Waals surface area contributed by atoms with Gasteiger partial charge in [0.2, 0.25) is 5.91 Å². The molecular formula is C23H26N4O2S. The molecule has 0 radical (unpaired) electrons. The maximum absolute atomic E-state index is 12.9. The molecule has 1 aromatic heterocycles. The monoisotopic (exact) mass is 422 g/mol. The summed E-state index contributed by atoms with van der Waals surface area (Å²) in [6.45, 7) is 7.38. The van der Waals surface area contributed by atoms with E-state index >= 15 is 0 Å². The van der Waals surface area contributed by atoms with E-state index in [1.54, 1.807) is 0 Å². The Hall–Kier alpha value is -2.80. The van der Waals surface area contributed by atoms with Crippen molar-refractivity contribution in [2.75, 3.05) is 6.61 Å². The zero-order valence-corrected chi connectivity index (χ0v) is 18.3. The summed E-state index contributed by atoms with van der Waals surface area (Å²) in [4.78, 5) is 12.9. The molecule has 2 atom stereocenters. The van der Waals surface area contributed by atoms with E-state index in [9.17, 15) is 4.79 Å². The van der Waals surface area contributed by atoms with Crippen LogP contribution in [-0.2, 0) is 11.3 Å². The second kappa shape index (κ2) is 8.92. The Morgan fingerprint density at radius 1 is 1.27 bits per heavy atom. The molecule has 1 aliphatic rings. The van der Waals surface area contributed by atoms with Crippen molar-refractivity contribution in [3.63, 3.8) is 0 Å². The number of hydrogen-bond acceptors (Lipinski definition) is 5. The summed E-state index contributed by atoms with van der Waals surface area (Å²) < 4.78 is 7.76. The van der Waals surface area contributed by atoms with E-state index < -0.39 is 0 Å². The minimum atomic E-state index is -0.292. The Bertz CT molecular complexity index is 1050. The van der Waals surface area contributed by atoms with E-state index in [1.807, 2.05) is 43.3 Å². The second-order valence-corrected chi connectivity index (χ2v) is 8.72. The van der Waals surface area contributed by atoms with Crippen LogP contribution in [0.2, 0.25) is 0 Å². The van der Waals surface area contributed by atoms with Crippen molar-refractivity contribution in [3.8, 4) is 17.1 Å². The zero-order valence-electron chi connectivity index (χ0n) is 17.5. The molecule has 4 rings (SSSR count). The van der Waals surface area contributed by atoms with Gasteiger partial charge in [-0.3, -0.25) is 4.79 Å². The van der Waals surface area contributed by atoms with Crippen LogP contribution in [0, 0.1) is 6.92 Å². The van der Waals surface area contributed by atoms with Crippen molar-refractivity contribution in [1.29, 1.82) is 0 Å². The number of para-hydroxylation sites is 1. The number of aromatic nitrogens is 3. The van der Waals surface area contributed by atoms with Gasteiger partial charge >= 0.3 is 0 Å². The molecule has 0 aliphatic carbocycles. The minimum Gasteiger partial charge on any atom is -0.493 e. The topological polar surface area (TPSA) is 69.0 Å². The molecule has 0 saturated heterocycles. The van der Waals surface area contributed by atoms with Crippen LogP contribution >= 0.6 is 11.8 Å². The molecule has 7 heteroatoms. The molecule has 156 valence electrons. The Morgan fingerprint density at radius 2 is 2.10 bits per heavy atom. The predicted molar refractivity (Wildman–Crippen MR) is 119 cm³/mol. The molecule has 0 saturated carbocycles. The molecule has 0 spiro atoms. The van der Waals surface area contributed by atoms with E-state index in [4.69, 9.17) is 4.74 Å². The highest BCUT2D eigenvalue weighted by Crippen LogP contribution is 2.32. The average Bonchev–Trinajstić information content (AvgIpc) is 3.16. The molecular weight excluding hydrogens is 396 g/mol. The number of rotatable bonds is 6. The normalized spacial score (nSPS) is 16.4. The summed E-state index contributed by atoms with van der Waals surface area (Å²) in [6.07, 6.45) is 0.767. The first-order valence-corrected chi connectivity index (χ1v) is 11.1. The van der Waals surface area contributed by atoms with E-state index in [1.165, 1.54) is 17.3 Å². The van der Waals surface area contributed by atoms with Gasteiger partial charge in [-0.2, -0.15) is 0 Å². The summed E-state index contributed by atoms with van der Waals surface area (Å²) >= 11 is 1.44. The molecule has 2 unspecified atom stereocenters. The first-order valence-electron chi connectivity index (χ1n) is 10.3. The highest BCUT2D eigenvalue weighted by atomic mass is 32.2. The van der Waals surface area contributed by atoms with Gasteiger partial charge in [-0.05, 0) is 32.9 Å². The summed E-state index contributed by atoms with van der Waals surface area (Å²) in [5.41, 5.74) is 3.25. The average molecular weight is 423 g/mol. The summed E-state index contributed by atoms with van der Waals surface area (Å²) in [7, 11) is 0. The fraction of sp³-hybridized carbons (Fsp3) is 0.348. The predicted octanol–water partition coefficient (Wildman–Crippen LogP) is 4.39. The lowest BCUT2D eigenvalue weighted by atomic mass is 10.0. The Labute approximate surface area is 181 Å². The lowest BCUT2D eigenvalue weighted by Gasteiger charge is -2.27. The molecule has 1 N–H and O–H groups in total. The van der Waals surface area contributed by atoms with E-state index in [0.29, 0.717) is 6.61 Å². The Balaban J connectivity index is 1.48. The summed E-state index contributed by atoms with van der Waals surface area (Å²) in [5, 5.41) is 12.4. The number of carbonyl (C=O) groups is 1. The number of thioether (sulfide) groups is 1. The van der Waals surface area contributed by atoms with Crippen molar-refractivity contribution in [2.24, 2.45) is 0 Å². The van der Waals surface area contributed by atoms with Gasteiger partial charge in [-0.25, -0.2) is 0 Å². The number of aryl methyl sites for hydroxylation is 1. The summed E-state index contributed by atoms with van der Waals surface area (Å²) in [6, 6.07) is 16.1. The molecule has 3 aromatic rings. The van der Waals surface area contributed by atoms with Crippen molar-refractivity contribution < 1.29 is 9.53 Å². The molecule has 2 heterocycles. The van der Waals surface area contributed by atoms with Gasteiger partial charge < -0.3 is 14.6 Å². The van der Waals surface area contributed by atoms with E-state index in [0.717, 1.165) is 40.8 Å². The smallest absolute Gasteiger partial charge is 0.233 e. The van der Waals surface area contributed by atoms with E-state index in [-0.39, 0.29) is 17.2 Å². The van der Waals surface area contributed by atoms with Gasteiger partial charge in [-0.15, -0.1) is 10.2 Å². The number of nitrogens with zero attached hydrogens (tertiary/aromatic N) is 3. The van der Waals surface area contributed by atoms with Crippen molar-refractivity contribution >= 4 is 17.7 Å². The zero-order chi connectivity index (χ0) is 21.1. The van der Waals surface area contributed by atoms with Crippen LogP contribution in [0.25, 0.3) is 11.4 Å². The fourth-order valence-electron chi connectivity index (χ4n) is 3.65. The maximum Gasteiger partial charge on any atom is 0.233 e. The van der Waals surface area contributed by atoms with E-state index in [2.05, 4.69) is 46.1 Å². The van der Waals surface area contributed by atoms with Gasteiger partial charge in [0, 0.05) is 24.1 Å². The minimum absolute atomic E-state index is 0.00976. The van der Waals surface area contributed by atoms with Crippen LogP contribution in [-0.4, -0.2) is 32.5 Å². The lowest BCUT2D eigenvalue weighted by Crippen LogP contribution is -2.36. The van der Waals surface area contributed by atoms with Crippen LogP contribution in [0.5, 0.6) is 5.75 Å². The Morgan fingerprint density at radius 3 is 2.90 bits per heavy atom. The summed E-state index contributed by atoms with van der Waals surface area (Å²) in [5.74, 6) is 1.67. The third-order valence-corrected chi connectivity index (χ3v) is 6.32. The lowest BCUT2D eigenvalue weighted by molar-refractivity contribution is -0.121. The molecule has 6 nitrogen and oxygen atoms in total. The molecule has 1 aliphatic heterocycles. The van der Waals surface area contributed by atoms with Gasteiger partial charge in [0.25, 0.3) is 0 Å². The van der Waals surface area contributed by atoms with Crippen LogP contribution in [0.4, 0.5) is 0 Å². The number of hydrogen-bond donors (Lipinski definition) is 1. The fourth-order valence-corrected chi connectivity index (χ4v) is 4.57. The van der Waals surface area contributed by atoms with Crippen LogP contribution in [0.3, 0.4) is 0 Å². The highest BCUT2D eigenvalue weighted by Gasteiger charge is 2.26. The number of fused-ring (bicyclic) bond motifs is 1. The van der Waals surface area contributed by atoms with Gasteiger partial charge in [-0.1, -0.05) is 53.7 Å². The first-order chi connectivity index (χ1) is 14.6. The Kier molecular flexibility index (Phi) is 6.08. The third kappa shape index (κ3) is 4.21. The van der Waals surface area contributed by atoms with Crippen molar-refractivity contribution in [3.05, 3.63) is 59.7 Å². The quantitative estimate of drug-likeness (QED) is 0.597. The van der Waals surface area contributed by atoms with Crippen LogP contribution in [0.1, 0.15) is 37.4 Å². The maximum atomic E-state index is 12.9. The number of ether oxygens (including phenoxy) is 1. The van der Waals surface area contributed by atoms with Gasteiger partial charge in [0.15, 0.2) is 11.0 Å². The third-order valence-electron chi connectivity index (χ3n) is 5.24. The van der Waals surface area contributed by atoms with Gasteiger partial charge in [0.05, 0.1) is 17.9 Å². The second-order valence-electron chi connectivity index (χ2n) is 7.42. The highest BCUT2D eigenvalue weighted by molar-refractivity contribution is 8.00. The van der Waals surface area contributed by atoms with Crippen molar-refractivity contribution in [2.45, 2.75) is 50.2 Å². The largest absolute Gasteiger partial charge is 0.493 e. The van der Waals surface area contributed by atoms with Crippen molar-refractivity contribution in [1.82, 2.24) is 20.1 Å². The number of carbonyl (C=O) groups excluding carboxylic acids is 1. The molecule has 1 amide bonds. The molecule has 0 bridgehead atoms. The molecule has 2 aromatic carbocycles. The van der Waals surface area contributed by atoms with Crippen LogP contribution in [0.15, 0.2) is 53.7 Å². The standard InChI is InChI=1S/C23H26N4O2S/c1-4-27-21(17-9-7-8-15(2)14-17)25-26-23(27)30-16(3)22(28)24-19-12-13-29-20-11-6-5-10-18(19)20/h5-11,14,16,19H,4,12-13H2,1-3H3,(H,24,28). The molecule has 0 fully saturated rings. The number of benzene rings is 2. The van der Waals surface area contributed by atoms with Crippen LogP contribution < -0.4 is 10.1 Å². The number of nitrogens with one attached hydrogen (secondary N) is 1. The van der Waals surface area contributed by atoms with Gasteiger partial charge in [0.1, 0.15) is 5.75 Å².